The molecule has 1 saturated carbocycles. The fourth-order valence-corrected chi connectivity index (χ4v) is 3.30. The van der Waals surface area contributed by atoms with Crippen LogP contribution < -0.4 is 5.32 Å². The summed E-state index contributed by atoms with van der Waals surface area (Å²) in [5.74, 6) is 1.84. The van der Waals surface area contributed by atoms with Gasteiger partial charge in [-0.15, -0.1) is 0 Å². The lowest BCUT2D eigenvalue weighted by Crippen LogP contribution is -2.26. The van der Waals surface area contributed by atoms with Crippen molar-refractivity contribution in [2.75, 3.05) is 6.54 Å². The van der Waals surface area contributed by atoms with E-state index in [0.717, 1.165) is 18.3 Å². The molecule has 0 aliphatic heterocycles. The van der Waals surface area contributed by atoms with Crippen LogP contribution in [-0.4, -0.2) is 6.54 Å². The molecule has 3 atom stereocenters. The van der Waals surface area contributed by atoms with E-state index in [-0.39, 0.29) is 0 Å². The quantitative estimate of drug-likeness (QED) is 0.779. The molecule has 0 amide bonds. The molecule has 0 heterocycles. The van der Waals surface area contributed by atoms with E-state index in [1.54, 1.807) is 0 Å². The van der Waals surface area contributed by atoms with Crippen LogP contribution in [0.5, 0.6) is 0 Å². The van der Waals surface area contributed by atoms with E-state index in [1.165, 1.54) is 43.4 Å². The molecule has 19 heavy (non-hydrogen) atoms. The maximum atomic E-state index is 3.79. The summed E-state index contributed by atoms with van der Waals surface area (Å²) >= 11 is 0. The average Bonchev–Trinajstić information content (AvgIpc) is 2.86. The van der Waals surface area contributed by atoms with Crippen LogP contribution in [0.4, 0.5) is 0 Å². The molecule has 2 rings (SSSR count). The molecule has 0 saturated heterocycles. The minimum Gasteiger partial charge on any atom is -0.310 e. The smallest absolute Gasteiger partial charge is 0.0317 e. The van der Waals surface area contributed by atoms with Crippen molar-refractivity contribution < 1.29 is 0 Å². The first-order chi connectivity index (χ1) is 9.22. The molecule has 1 aromatic carbocycles. The average molecular weight is 259 g/mol. The van der Waals surface area contributed by atoms with Crippen LogP contribution in [0.15, 0.2) is 24.3 Å². The third kappa shape index (κ3) is 4.07. The molecule has 0 radical (unpaired) electrons. The molecule has 0 bridgehead atoms. The van der Waals surface area contributed by atoms with Crippen molar-refractivity contribution in [3.63, 3.8) is 0 Å². The van der Waals surface area contributed by atoms with Gasteiger partial charge in [0, 0.05) is 6.04 Å². The summed E-state index contributed by atoms with van der Waals surface area (Å²) in [4.78, 5) is 0. The van der Waals surface area contributed by atoms with Gasteiger partial charge in [0.05, 0.1) is 0 Å². The monoisotopic (exact) mass is 259 g/mol. The Balaban J connectivity index is 1.88. The van der Waals surface area contributed by atoms with E-state index in [2.05, 4.69) is 50.4 Å². The highest BCUT2D eigenvalue weighted by molar-refractivity contribution is 5.25. The fourth-order valence-electron chi connectivity index (χ4n) is 3.30. The molecule has 1 aliphatic rings. The lowest BCUT2D eigenvalue weighted by Gasteiger charge is -2.20. The Kier molecular flexibility index (Phi) is 5.45. The van der Waals surface area contributed by atoms with E-state index in [4.69, 9.17) is 0 Å². The van der Waals surface area contributed by atoms with Crippen LogP contribution >= 0.6 is 0 Å². The predicted octanol–water partition coefficient (Wildman–Crippen LogP) is 4.73. The first-order valence-electron chi connectivity index (χ1n) is 8.05. The SMILES string of the molecule is CCc1ccc(C(CC)NCC2CCC(C)C2)cc1. The van der Waals surface area contributed by atoms with Crippen LogP contribution in [0.1, 0.15) is 63.6 Å². The lowest BCUT2D eigenvalue weighted by atomic mass is 10.0. The zero-order chi connectivity index (χ0) is 13.7. The molecule has 1 fully saturated rings. The largest absolute Gasteiger partial charge is 0.310 e. The van der Waals surface area contributed by atoms with E-state index in [9.17, 15) is 0 Å². The Labute approximate surface area is 118 Å². The van der Waals surface area contributed by atoms with Crippen LogP contribution in [0.2, 0.25) is 0 Å². The second kappa shape index (κ2) is 7.09. The zero-order valence-corrected chi connectivity index (χ0v) is 12.8. The molecular weight excluding hydrogens is 230 g/mol. The summed E-state index contributed by atoms with van der Waals surface area (Å²) in [6.07, 6.45) is 6.56. The summed E-state index contributed by atoms with van der Waals surface area (Å²) in [5.41, 5.74) is 2.88. The highest BCUT2D eigenvalue weighted by Crippen LogP contribution is 2.30. The predicted molar refractivity (Wildman–Crippen MR) is 83.4 cm³/mol. The van der Waals surface area contributed by atoms with Gasteiger partial charge < -0.3 is 5.32 Å². The van der Waals surface area contributed by atoms with Gasteiger partial charge in [0.25, 0.3) is 0 Å². The third-order valence-corrected chi connectivity index (χ3v) is 4.65. The maximum Gasteiger partial charge on any atom is 0.0317 e. The standard InChI is InChI=1S/C18H29N/c1-4-15-8-10-17(11-9-15)18(5-2)19-13-16-7-6-14(3)12-16/h8-11,14,16,18-19H,4-7,12-13H2,1-3H3. The van der Waals surface area contributed by atoms with Gasteiger partial charge in [-0.05, 0) is 55.2 Å². The van der Waals surface area contributed by atoms with E-state index in [1.807, 2.05) is 0 Å². The zero-order valence-electron chi connectivity index (χ0n) is 12.8. The topological polar surface area (TPSA) is 12.0 Å². The molecule has 0 aromatic heterocycles. The van der Waals surface area contributed by atoms with Crippen LogP contribution in [-0.2, 0) is 6.42 Å². The summed E-state index contributed by atoms with van der Waals surface area (Å²) in [5, 5.41) is 3.79. The van der Waals surface area contributed by atoms with Crippen molar-refractivity contribution in [2.45, 2.75) is 58.9 Å². The van der Waals surface area contributed by atoms with Gasteiger partial charge in [-0.2, -0.15) is 0 Å². The fraction of sp³-hybridized carbons (Fsp3) is 0.667. The summed E-state index contributed by atoms with van der Waals surface area (Å²) in [7, 11) is 0. The van der Waals surface area contributed by atoms with Crippen LogP contribution in [0.3, 0.4) is 0 Å². The summed E-state index contributed by atoms with van der Waals surface area (Å²) < 4.78 is 0. The number of nitrogens with one attached hydrogen (secondary N) is 1. The molecule has 0 spiro atoms. The second-order valence-corrected chi connectivity index (χ2v) is 6.25. The molecule has 1 N–H and O–H groups in total. The number of hydrogen-bond acceptors (Lipinski definition) is 1. The van der Waals surface area contributed by atoms with Crippen LogP contribution in [0.25, 0.3) is 0 Å². The third-order valence-electron chi connectivity index (χ3n) is 4.65. The molecule has 1 nitrogen and oxygen atoms in total. The van der Waals surface area contributed by atoms with Crippen molar-refractivity contribution in [2.24, 2.45) is 11.8 Å². The number of hydrogen-bond donors (Lipinski definition) is 1. The molecule has 1 aromatic rings. The summed E-state index contributed by atoms with van der Waals surface area (Å²) in [6.45, 7) is 8.08. The number of benzene rings is 1. The van der Waals surface area contributed by atoms with E-state index in [0.29, 0.717) is 6.04 Å². The van der Waals surface area contributed by atoms with Crippen molar-refractivity contribution in [3.05, 3.63) is 35.4 Å². The molecule has 3 unspecified atom stereocenters. The minimum atomic E-state index is 0.529. The van der Waals surface area contributed by atoms with E-state index >= 15 is 0 Å². The van der Waals surface area contributed by atoms with Gasteiger partial charge in [0.2, 0.25) is 0 Å². The second-order valence-electron chi connectivity index (χ2n) is 6.25. The van der Waals surface area contributed by atoms with E-state index < -0.39 is 0 Å². The van der Waals surface area contributed by atoms with Gasteiger partial charge in [-0.3, -0.25) is 0 Å². The summed E-state index contributed by atoms with van der Waals surface area (Å²) in [6, 6.07) is 9.69. The van der Waals surface area contributed by atoms with Crippen molar-refractivity contribution >= 4 is 0 Å². The molecular formula is C18H29N. The van der Waals surface area contributed by atoms with Crippen molar-refractivity contribution in [1.29, 1.82) is 0 Å². The Morgan fingerprint density at radius 1 is 1.16 bits per heavy atom. The first kappa shape index (κ1) is 14.6. The highest BCUT2D eigenvalue weighted by Gasteiger charge is 2.21. The molecule has 1 heteroatoms. The Bertz CT molecular complexity index is 368. The van der Waals surface area contributed by atoms with Gasteiger partial charge in [0.15, 0.2) is 0 Å². The normalized spacial score (nSPS) is 24.6. The number of rotatable bonds is 6. The maximum absolute atomic E-state index is 3.79. The minimum absolute atomic E-state index is 0.529. The Morgan fingerprint density at radius 3 is 2.42 bits per heavy atom. The highest BCUT2D eigenvalue weighted by atomic mass is 14.9. The van der Waals surface area contributed by atoms with Crippen molar-refractivity contribution in [3.8, 4) is 0 Å². The van der Waals surface area contributed by atoms with Gasteiger partial charge in [-0.25, -0.2) is 0 Å². The Hall–Kier alpha value is -0.820. The Morgan fingerprint density at radius 2 is 1.89 bits per heavy atom. The number of aryl methyl sites for hydroxylation is 1. The van der Waals surface area contributed by atoms with Gasteiger partial charge in [-0.1, -0.05) is 51.5 Å². The van der Waals surface area contributed by atoms with Crippen molar-refractivity contribution in [1.82, 2.24) is 5.32 Å². The first-order valence-corrected chi connectivity index (χ1v) is 8.05. The van der Waals surface area contributed by atoms with Crippen LogP contribution in [0, 0.1) is 11.8 Å². The molecule has 106 valence electrons. The van der Waals surface area contributed by atoms with Gasteiger partial charge >= 0.3 is 0 Å². The molecule has 1 aliphatic carbocycles. The van der Waals surface area contributed by atoms with Gasteiger partial charge in [0.1, 0.15) is 0 Å². The lowest BCUT2D eigenvalue weighted by molar-refractivity contribution is 0.421.